The Labute approximate surface area is 138 Å². The molecular formula is C19H16BrNO. The lowest BCUT2D eigenvalue weighted by molar-refractivity contribution is 0.758. The maximum absolute atomic E-state index is 11.8. The Morgan fingerprint density at radius 2 is 1.55 bits per heavy atom. The summed E-state index contributed by atoms with van der Waals surface area (Å²) in [5.41, 5.74) is 3.66. The summed E-state index contributed by atoms with van der Waals surface area (Å²) in [4.78, 5) is 11.8. The fourth-order valence-electron chi connectivity index (χ4n) is 2.53. The van der Waals surface area contributed by atoms with Crippen LogP contribution in [0.5, 0.6) is 0 Å². The van der Waals surface area contributed by atoms with Crippen LogP contribution in [-0.4, -0.2) is 4.57 Å². The molecule has 0 bridgehead atoms. The van der Waals surface area contributed by atoms with Crippen molar-refractivity contribution in [2.24, 2.45) is 0 Å². The van der Waals surface area contributed by atoms with Crippen molar-refractivity contribution in [2.45, 2.75) is 13.0 Å². The Morgan fingerprint density at radius 3 is 2.32 bits per heavy atom. The van der Waals surface area contributed by atoms with Crippen LogP contribution >= 0.6 is 15.9 Å². The summed E-state index contributed by atoms with van der Waals surface area (Å²) in [6.45, 7) is 0.584. The summed E-state index contributed by atoms with van der Waals surface area (Å²) < 4.78 is 2.76. The van der Waals surface area contributed by atoms with Crippen molar-refractivity contribution in [1.29, 1.82) is 0 Å². The molecule has 0 saturated carbocycles. The first-order valence-corrected chi connectivity index (χ1v) is 7.98. The fourth-order valence-corrected chi connectivity index (χ4v) is 3.12. The third-order valence-corrected chi connectivity index (χ3v) is 3.98. The summed E-state index contributed by atoms with van der Waals surface area (Å²) in [7, 11) is 0. The van der Waals surface area contributed by atoms with Gasteiger partial charge in [0, 0.05) is 16.7 Å². The highest BCUT2D eigenvalue weighted by molar-refractivity contribution is 9.10. The van der Waals surface area contributed by atoms with E-state index in [4.69, 9.17) is 0 Å². The SMILES string of the molecule is O=c1ccccn1Cc1cc(Br)cc(Cc2ccccc2)c1. The number of hydrogen-bond donors (Lipinski definition) is 0. The van der Waals surface area contributed by atoms with Crippen LogP contribution in [0.1, 0.15) is 16.7 Å². The molecule has 1 aromatic heterocycles. The van der Waals surface area contributed by atoms with Crippen molar-refractivity contribution in [1.82, 2.24) is 4.57 Å². The van der Waals surface area contributed by atoms with Gasteiger partial charge in [0.15, 0.2) is 0 Å². The second-order valence-electron chi connectivity index (χ2n) is 5.30. The predicted octanol–water partition coefficient (Wildman–Crippen LogP) is 4.25. The lowest BCUT2D eigenvalue weighted by Crippen LogP contribution is -2.18. The highest BCUT2D eigenvalue weighted by Crippen LogP contribution is 2.19. The molecule has 22 heavy (non-hydrogen) atoms. The molecule has 0 unspecified atom stereocenters. The molecule has 0 N–H and O–H groups in total. The van der Waals surface area contributed by atoms with Gasteiger partial charge in [0.2, 0.25) is 0 Å². The van der Waals surface area contributed by atoms with Crippen LogP contribution in [0, 0.1) is 0 Å². The van der Waals surface area contributed by atoms with Gasteiger partial charge in [0.25, 0.3) is 5.56 Å². The lowest BCUT2D eigenvalue weighted by atomic mass is 10.0. The lowest BCUT2D eigenvalue weighted by Gasteiger charge is -2.09. The molecule has 0 spiro atoms. The molecule has 3 aromatic rings. The van der Waals surface area contributed by atoms with E-state index >= 15 is 0 Å². The van der Waals surface area contributed by atoms with Crippen LogP contribution in [0.2, 0.25) is 0 Å². The van der Waals surface area contributed by atoms with Gasteiger partial charge in [-0.2, -0.15) is 0 Å². The standard InChI is InChI=1S/C19H16BrNO/c20-18-12-16(10-15-6-2-1-3-7-15)11-17(13-18)14-21-9-5-4-8-19(21)22/h1-9,11-13H,10,14H2. The van der Waals surface area contributed by atoms with Gasteiger partial charge in [-0.3, -0.25) is 4.79 Å². The van der Waals surface area contributed by atoms with E-state index in [1.54, 1.807) is 16.7 Å². The number of pyridine rings is 1. The van der Waals surface area contributed by atoms with Crippen LogP contribution < -0.4 is 5.56 Å². The molecule has 0 amide bonds. The van der Waals surface area contributed by atoms with E-state index in [2.05, 4.69) is 58.4 Å². The average molecular weight is 354 g/mol. The molecule has 3 rings (SSSR count). The van der Waals surface area contributed by atoms with Gasteiger partial charge in [-0.05, 0) is 41.3 Å². The van der Waals surface area contributed by atoms with Gasteiger partial charge in [-0.15, -0.1) is 0 Å². The molecule has 0 atom stereocenters. The first-order chi connectivity index (χ1) is 10.7. The molecule has 0 fully saturated rings. The van der Waals surface area contributed by atoms with E-state index in [1.807, 2.05) is 18.3 Å². The van der Waals surface area contributed by atoms with Crippen LogP contribution in [0.4, 0.5) is 0 Å². The minimum absolute atomic E-state index is 0.0204. The first kappa shape index (κ1) is 14.8. The Balaban J connectivity index is 1.87. The van der Waals surface area contributed by atoms with Gasteiger partial charge in [0.05, 0.1) is 6.54 Å². The van der Waals surface area contributed by atoms with Crippen molar-refractivity contribution >= 4 is 15.9 Å². The van der Waals surface area contributed by atoms with E-state index in [1.165, 1.54) is 11.1 Å². The second kappa shape index (κ2) is 6.75. The monoisotopic (exact) mass is 353 g/mol. The van der Waals surface area contributed by atoms with Gasteiger partial charge >= 0.3 is 0 Å². The fraction of sp³-hybridized carbons (Fsp3) is 0.105. The molecule has 110 valence electrons. The topological polar surface area (TPSA) is 22.0 Å². The van der Waals surface area contributed by atoms with E-state index in [0.717, 1.165) is 16.5 Å². The Bertz CT molecular complexity index is 824. The number of nitrogens with zero attached hydrogens (tertiary/aromatic N) is 1. The predicted molar refractivity (Wildman–Crippen MR) is 93.2 cm³/mol. The summed E-state index contributed by atoms with van der Waals surface area (Å²) in [6.07, 6.45) is 2.71. The Morgan fingerprint density at radius 1 is 0.818 bits per heavy atom. The number of benzene rings is 2. The zero-order chi connectivity index (χ0) is 15.4. The number of halogens is 1. The van der Waals surface area contributed by atoms with E-state index in [0.29, 0.717) is 6.54 Å². The smallest absolute Gasteiger partial charge is 0.250 e. The maximum Gasteiger partial charge on any atom is 0.250 e. The highest BCUT2D eigenvalue weighted by atomic mass is 79.9. The summed E-state index contributed by atoms with van der Waals surface area (Å²) in [5.74, 6) is 0. The Hall–Kier alpha value is -2.13. The molecule has 2 aromatic carbocycles. The number of rotatable bonds is 4. The third-order valence-electron chi connectivity index (χ3n) is 3.52. The minimum atomic E-state index is 0.0204. The summed E-state index contributed by atoms with van der Waals surface area (Å²) in [6, 6.07) is 22.0. The number of aromatic nitrogens is 1. The molecule has 0 radical (unpaired) electrons. The third kappa shape index (κ3) is 3.74. The van der Waals surface area contributed by atoms with E-state index in [-0.39, 0.29) is 5.56 Å². The van der Waals surface area contributed by atoms with Crippen LogP contribution in [0.25, 0.3) is 0 Å². The van der Waals surface area contributed by atoms with Gasteiger partial charge < -0.3 is 4.57 Å². The number of hydrogen-bond acceptors (Lipinski definition) is 1. The van der Waals surface area contributed by atoms with Crippen LogP contribution in [0.3, 0.4) is 0 Å². The van der Waals surface area contributed by atoms with Gasteiger partial charge in [-0.1, -0.05) is 58.4 Å². The van der Waals surface area contributed by atoms with Crippen LogP contribution in [-0.2, 0) is 13.0 Å². The Kier molecular flexibility index (Phi) is 4.54. The average Bonchev–Trinajstić information content (AvgIpc) is 2.50. The summed E-state index contributed by atoms with van der Waals surface area (Å²) in [5, 5.41) is 0. The molecular weight excluding hydrogens is 338 g/mol. The molecule has 0 aliphatic carbocycles. The van der Waals surface area contributed by atoms with Gasteiger partial charge in [-0.25, -0.2) is 0 Å². The van der Waals surface area contributed by atoms with Crippen molar-refractivity contribution in [3.8, 4) is 0 Å². The highest BCUT2D eigenvalue weighted by Gasteiger charge is 2.03. The van der Waals surface area contributed by atoms with E-state index in [9.17, 15) is 4.79 Å². The normalized spacial score (nSPS) is 10.6. The molecule has 3 heteroatoms. The quantitative estimate of drug-likeness (QED) is 0.687. The first-order valence-electron chi connectivity index (χ1n) is 7.18. The second-order valence-corrected chi connectivity index (χ2v) is 6.21. The molecule has 0 aliphatic rings. The van der Waals surface area contributed by atoms with Crippen LogP contribution in [0.15, 0.2) is 82.2 Å². The van der Waals surface area contributed by atoms with Crippen molar-refractivity contribution in [3.63, 3.8) is 0 Å². The van der Waals surface area contributed by atoms with Crippen molar-refractivity contribution in [3.05, 3.63) is 104 Å². The van der Waals surface area contributed by atoms with E-state index < -0.39 is 0 Å². The maximum atomic E-state index is 11.8. The molecule has 0 saturated heterocycles. The zero-order valence-electron chi connectivity index (χ0n) is 12.1. The van der Waals surface area contributed by atoms with Gasteiger partial charge in [0.1, 0.15) is 0 Å². The molecule has 0 aliphatic heterocycles. The zero-order valence-corrected chi connectivity index (χ0v) is 13.7. The molecule has 2 nitrogen and oxygen atoms in total. The largest absolute Gasteiger partial charge is 0.311 e. The molecule has 1 heterocycles. The summed E-state index contributed by atoms with van der Waals surface area (Å²) >= 11 is 3.57. The van der Waals surface area contributed by atoms with Crippen molar-refractivity contribution in [2.75, 3.05) is 0 Å². The van der Waals surface area contributed by atoms with Crippen molar-refractivity contribution < 1.29 is 0 Å². The minimum Gasteiger partial charge on any atom is -0.311 e.